The number of nitrogens with zero attached hydrogens (tertiary/aromatic N) is 1. The lowest BCUT2D eigenvalue weighted by Crippen LogP contribution is -2.17. The second kappa shape index (κ2) is 13.4. The highest BCUT2D eigenvalue weighted by Gasteiger charge is 2.12. The van der Waals surface area contributed by atoms with Crippen molar-refractivity contribution >= 4 is 16.9 Å². The lowest BCUT2D eigenvalue weighted by molar-refractivity contribution is 1.04. The van der Waals surface area contributed by atoms with Crippen molar-refractivity contribution in [2.24, 2.45) is 0 Å². The molecule has 40 heavy (non-hydrogen) atoms. The predicted molar refractivity (Wildman–Crippen MR) is 175 cm³/mol. The molecule has 5 rings (SSSR count). The Hall–Kier alpha value is -4.62. The second-order valence-corrected chi connectivity index (χ2v) is 10.1. The van der Waals surface area contributed by atoms with Gasteiger partial charge in [-0.05, 0) is 89.4 Å². The molecule has 0 N–H and O–H groups in total. The Labute approximate surface area is 239 Å². The van der Waals surface area contributed by atoms with Crippen LogP contribution in [0.15, 0.2) is 163 Å². The molecule has 0 spiro atoms. The van der Waals surface area contributed by atoms with Gasteiger partial charge in [0.25, 0.3) is 0 Å². The molecule has 0 unspecified atom stereocenters. The van der Waals surface area contributed by atoms with Crippen molar-refractivity contribution in [2.75, 3.05) is 11.4 Å². The molecule has 0 fully saturated rings. The number of rotatable bonds is 9. The maximum absolute atomic E-state index is 3.95. The predicted octanol–water partition coefficient (Wildman–Crippen LogP) is 10.6. The molecular weight excluding hydrogens is 482 g/mol. The molecule has 2 aliphatic carbocycles. The van der Waals surface area contributed by atoms with Gasteiger partial charge in [-0.1, -0.05) is 128 Å². The van der Waals surface area contributed by atoms with Crippen LogP contribution in [0.25, 0.3) is 16.7 Å². The Morgan fingerprint density at radius 3 is 2.45 bits per heavy atom. The van der Waals surface area contributed by atoms with Crippen LogP contribution >= 0.6 is 0 Å². The average molecular weight is 520 g/mol. The molecule has 198 valence electrons. The van der Waals surface area contributed by atoms with Crippen molar-refractivity contribution in [3.63, 3.8) is 0 Å². The summed E-state index contributed by atoms with van der Waals surface area (Å²) >= 11 is 0. The van der Waals surface area contributed by atoms with E-state index in [4.69, 9.17) is 0 Å². The Balaban J connectivity index is 1.49. The fourth-order valence-electron chi connectivity index (χ4n) is 5.16. The lowest BCUT2D eigenvalue weighted by Gasteiger charge is -2.25. The molecule has 0 radical (unpaired) electrons. The molecule has 0 heterocycles. The van der Waals surface area contributed by atoms with Gasteiger partial charge >= 0.3 is 0 Å². The highest BCUT2D eigenvalue weighted by molar-refractivity contribution is 5.78. The number of aryl methyl sites for hydroxylation is 1. The summed E-state index contributed by atoms with van der Waals surface area (Å²) in [4.78, 5) is 2.39. The number of anilines is 2. The van der Waals surface area contributed by atoms with Gasteiger partial charge in [-0.25, -0.2) is 0 Å². The summed E-state index contributed by atoms with van der Waals surface area (Å²) in [5, 5.41) is 0. The van der Waals surface area contributed by atoms with Crippen molar-refractivity contribution < 1.29 is 0 Å². The van der Waals surface area contributed by atoms with Crippen molar-refractivity contribution in [1.82, 2.24) is 0 Å². The van der Waals surface area contributed by atoms with E-state index in [1.165, 1.54) is 44.8 Å². The van der Waals surface area contributed by atoms with E-state index in [1.54, 1.807) is 0 Å². The molecule has 0 saturated carbocycles. The molecule has 0 saturated heterocycles. The second-order valence-electron chi connectivity index (χ2n) is 10.1. The number of hydrogen-bond donors (Lipinski definition) is 0. The number of allylic oxidation sites excluding steroid dienone is 14. The molecule has 1 nitrogen and oxygen atoms in total. The third-order valence-corrected chi connectivity index (χ3v) is 7.32. The average Bonchev–Trinajstić information content (AvgIpc) is 3.30. The largest absolute Gasteiger partial charge is 0.338 e. The van der Waals surface area contributed by atoms with Gasteiger partial charge in [-0.2, -0.15) is 0 Å². The van der Waals surface area contributed by atoms with Gasteiger partial charge in [0.2, 0.25) is 0 Å². The first-order valence-electron chi connectivity index (χ1n) is 14.2. The van der Waals surface area contributed by atoms with Crippen molar-refractivity contribution in [3.8, 4) is 11.1 Å². The molecule has 2 aliphatic rings. The van der Waals surface area contributed by atoms with Crippen LogP contribution in [0.1, 0.15) is 30.4 Å². The molecule has 0 aliphatic heterocycles. The topological polar surface area (TPSA) is 3.24 Å². The first-order valence-corrected chi connectivity index (χ1v) is 14.2. The van der Waals surface area contributed by atoms with Crippen molar-refractivity contribution in [3.05, 3.63) is 175 Å². The monoisotopic (exact) mass is 519 g/mol. The fourth-order valence-corrected chi connectivity index (χ4v) is 5.16. The van der Waals surface area contributed by atoms with E-state index in [1.807, 2.05) is 6.08 Å². The van der Waals surface area contributed by atoms with Crippen molar-refractivity contribution in [2.45, 2.75) is 26.2 Å². The van der Waals surface area contributed by atoms with Gasteiger partial charge in [0, 0.05) is 17.9 Å². The normalized spacial score (nSPS) is 15.1. The van der Waals surface area contributed by atoms with Crippen LogP contribution in [0.5, 0.6) is 0 Å². The first kappa shape index (κ1) is 27.0. The SMILES string of the molecule is C=C/C=C(\C=C/CN(c1ccc(C2=CCCC=C2)cc1)c1ccc(C)c(-c2ccccc2)c1)C1=CC=CCC=C1. The van der Waals surface area contributed by atoms with Crippen LogP contribution in [0.2, 0.25) is 0 Å². The summed E-state index contributed by atoms with van der Waals surface area (Å²) in [7, 11) is 0. The van der Waals surface area contributed by atoms with E-state index in [-0.39, 0.29) is 0 Å². The Kier molecular flexibility index (Phi) is 9.06. The summed E-state index contributed by atoms with van der Waals surface area (Å²) < 4.78 is 0. The Morgan fingerprint density at radius 2 is 1.68 bits per heavy atom. The van der Waals surface area contributed by atoms with Crippen molar-refractivity contribution in [1.29, 1.82) is 0 Å². The maximum atomic E-state index is 3.95. The van der Waals surface area contributed by atoms with Crippen LogP contribution in [0.3, 0.4) is 0 Å². The van der Waals surface area contributed by atoms with Crippen LogP contribution in [0, 0.1) is 6.92 Å². The van der Waals surface area contributed by atoms with E-state index in [0.717, 1.165) is 31.4 Å². The van der Waals surface area contributed by atoms with Gasteiger partial charge < -0.3 is 4.90 Å². The third-order valence-electron chi connectivity index (χ3n) is 7.32. The maximum Gasteiger partial charge on any atom is 0.0420 e. The van der Waals surface area contributed by atoms with Crippen LogP contribution in [0.4, 0.5) is 11.4 Å². The van der Waals surface area contributed by atoms with Crippen LogP contribution < -0.4 is 4.90 Å². The van der Waals surface area contributed by atoms with Gasteiger partial charge in [0.15, 0.2) is 0 Å². The lowest BCUT2D eigenvalue weighted by atomic mass is 9.98. The van der Waals surface area contributed by atoms with E-state index >= 15 is 0 Å². The minimum atomic E-state index is 0.737. The van der Waals surface area contributed by atoms with Gasteiger partial charge in [0.05, 0.1) is 0 Å². The zero-order valence-corrected chi connectivity index (χ0v) is 23.3. The van der Waals surface area contributed by atoms with E-state index in [0.29, 0.717) is 0 Å². The van der Waals surface area contributed by atoms with E-state index in [2.05, 4.69) is 158 Å². The molecule has 3 aromatic rings. The highest BCUT2D eigenvalue weighted by Crippen LogP contribution is 2.33. The quantitative estimate of drug-likeness (QED) is 0.254. The first-order chi connectivity index (χ1) is 19.7. The smallest absolute Gasteiger partial charge is 0.0420 e. The fraction of sp³-hybridized carbons (Fsp3) is 0.128. The number of hydrogen-bond acceptors (Lipinski definition) is 1. The summed E-state index contributed by atoms with van der Waals surface area (Å²) in [6.07, 6.45) is 29.3. The minimum absolute atomic E-state index is 0.737. The van der Waals surface area contributed by atoms with Gasteiger partial charge in [-0.3, -0.25) is 0 Å². The van der Waals surface area contributed by atoms with Gasteiger partial charge in [-0.15, -0.1) is 0 Å². The Bertz CT molecular complexity index is 1540. The number of benzene rings is 3. The molecule has 0 atom stereocenters. The molecule has 0 amide bonds. The summed E-state index contributed by atoms with van der Waals surface area (Å²) in [5.41, 5.74) is 11.0. The van der Waals surface area contributed by atoms with E-state index < -0.39 is 0 Å². The van der Waals surface area contributed by atoms with Crippen LogP contribution in [-0.2, 0) is 0 Å². The van der Waals surface area contributed by atoms with Gasteiger partial charge in [0.1, 0.15) is 0 Å². The molecule has 3 aromatic carbocycles. The molecular formula is C39H37N. The standard InChI is InChI=1S/C39H37N/c1-3-15-32(33-16-8-4-5-9-17-33)22-14-29-40(37-27-24-35(25-28-37)34-18-10-6-11-19-34)38-26-23-31(2)39(30-38)36-20-12-7-13-21-36/h3-4,7-10,12-28,30H,1,5-6,11,29H2,2H3/b22-14-,32-15+. The minimum Gasteiger partial charge on any atom is -0.338 e. The zero-order valence-electron chi connectivity index (χ0n) is 23.3. The summed E-state index contributed by atoms with van der Waals surface area (Å²) in [6, 6.07) is 26.4. The molecule has 0 aromatic heterocycles. The summed E-state index contributed by atoms with van der Waals surface area (Å²) in [6.45, 7) is 6.87. The molecule has 1 heteroatoms. The Morgan fingerprint density at radius 1 is 0.850 bits per heavy atom. The summed E-state index contributed by atoms with van der Waals surface area (Å²) in [5.74, 6) is 0. The zero-order chi connectivity index (χ0) is 27.6. The van der Waals surface area contributed by atoms with E-state index in [9.17, 15) is 0 Å². The highest BCUT2D eigenvalue weighted by atomic mass is 15.1. The molecule has 0 bridgehead atoms. The third kappa shape index (κ3) is 6.68. The van der Waals surface area contributed by atoms with Crippen LogP contribution in [-0.4, -0.2) is 6.54 Å².